The average molecular weight is 325 g/mol. The van der Waals surface area contributed by atoms with E-state index >= 15 is 0 Å². The van der Waals surface area contributed by atoms with E-state index < -0.39 is 0 Å². The van der Waals surface area contributed by atoms with Gasteiger partial charge < -0.3 is 11.1 Å². The number of benzene rings is 1. The molecular formula is C18H23N5O. The molecule has 1 atom stereocenters. The number of carbonyl (C=O) groups is 1. The molecule has 2 aromatic rings. The number of H-pyrrole nitrogens is 1. The van der Waals surface area contributed by atoms with Crippen molar-refractivity contribution in [2.75, 3.05) is 12.3 Å². The third kappa shape index (κ3) is 2.28. The van der Waals surface area contributed by atoms with Gasteiger partial charge in [0.25, 0.3) is 0 Å². The van der Waals surface area contributed by atoms with Gasteiger partial charge in [0.05, 0.1) is 5.41 Å². The van der Waals surface area contributed by atoms with E-state index in [2.05, 4.69) is 32.6 Å². The van der Waals surface area contributed by atoms with Crippen molar-refractivity contribution in [1.29, 1.82) is 0 Å². The first-order valence-corrected chi connectivity index (χ1v) is 8.67. The first kappa shape index (κ1) is 15.2. The van der Waals surface area contributed by atoms with E-state index in [0.717, 1.165) is 24.8 Å². The Morgan fingerprint density at radius 1 is 1.25 bits per heavy atom. The molecule has 0 radical (unpaired) electrons. The average Bonchev–Trinajstić information content (AvgIpc) is 2.88. The molecule has 4 rings (SSSR count). The molecule has 1 aromatic carbocycles. The van der Waals surface area contributed by atoms with Gasteiger partial charge in [-0.15, -0.1) is 5.10 Å². The van der Waals surface area contributed by atoms with Gasteiger partial charge in [0, 0.05) is 13.0 Å². The third-order valence-electron chi connectivity index (χ3n) is 5.80. The quantitative estimate of drug-likeness (QED) is 0.783. The summed E-state index contributed by atoms with van der Waals surface area (Å²) in [5, 5.41) is 9.71. The fourth-order valence-corrected chi connectivity index (χ4v) is 4.57. The Bertz CT molecular complexity index is 735. The second kappa shape index (κ2) is 5.61. The first-order valence-electron chi connectivity index (χ1n) is 8.67. The molecule has 1 amide bonds. The minimum Gasteiger partial charge on any atom is -0.367 e. The van der Waals surface area contributed by atoms with E-state index in [9.17, 15) is 4.79 Å². The summed E-state index contributed by atoms with van der Waals surface area (Å²) >= 11 is 0. The second-order valence-electron chi connectivity index (χ2n) is 7.08. The number of rotatable bonds is 5. The van der Waals surface area contributed by atoms with E-state index in [-0.39, 0.29) is 22.7 Å². The number of nitrogen functional groups attached to an aromatic ring is 1. The third-order valence-corrected chi connectivity index (χ3v) is 5.80. The van der Waals surface area contributed by atoms with Gasteiger partial charge in [0.1, 0.15) is 5.82 Å². The van der Waals surface area contributed by atoms with Crippen LogP contribution in [0.4, 0.5) is 5.95 Å². The zero-order chi connectivity index (χ0) is 16.6. The SMILES string of the molecule is Nc1n[nH]c(CCNC(=O)C2(c3ccccc3)CC23CCCC3)n1. The van der Waals surface area contributed by atoms with E-state index in [4.69, 9.17) is 5.73 Å². The molecule has 24 heavy (non-hydrogen) atoms. The van der Waals surface area contributed by atoms with Gasteiger partial charge in [-0.3, -0.25) is 9.89 Å². The fourth-order valence-electron chi connectivity index (χ4n) is 4.57. The number of aromatic nitrogens is 3. The summed E-state index contributed by atoms with van der Waals surface area (Å²) in [5.74, 6) is 1.10. The van der Waals surface area contributed by atoms with Gasteiger partial charge in [-0.2, -0.15) is 4.98 Å². The molecule has 1 unspecified atom stereocenters. The highest BCUT2D eigenvalue weighted by atomic mass is 16.2. The lowest BCUT2D eigenvalue weighted by Gasteiger charge is -2.22. The Morgan fingerprint density at radius 2 is 2.00 bits per heavy atom. The topological polar surface area (TPSA) is 96.7 Å². The monoisotopic (exact) mass is 325 g/mol. The van der Waals surface area contributed by atoms with Crippen LogP contribution in [0.1, 0.15) is 43.5 Å². The number of amides is 1. The summed E-state index contributed by atoms with van der Waals surface area (Å²) in [6.45, 7) is 0.540. The van der Waals surface area contributed by atoms with E-state index in [1.54, 1.807) is 0 Å². The molecule has 2 saturated carbocycles. The number of nitrogens with one attached hydrogen (secondary N) is 2. The minimum absolute atomic E-state index is 0.156. The van der Waals surface area contributed by atoms with Crippen molar-refractivity contribution in [3.8, 4) is 0 Å². The Morgan fingerprint density at radius 3 is 2.67 bits per heavy atom. The number of nitrogens with zero attached hydrogens (tertiary/aromatic N) is 2. The number of nitrogens with two attached hydrogens (primary N) is 1. The summed E-state index contributed by atoms with van der Waals surface area (Å²) in [4.78, 5) is 17.2. The molecule has 0 saturated heterocycles. The number of carbonyl (C=O) groups excluding carboxylic acids is 1. The summed E-state index contributed by atoms with van der Waals surface area (Å²) in [6, 6.07) is 10.3. The molecular weight excluding hydrogens is 302 g/mol. The molecule has 6 nitrogen and oxygen atoms in total. The highest BCUT2D eigenvalue weighted by molar-refractivity contribution is 5.93. The first-order chi connectivity index (χ1) is 11.7. The Kier molecular flexibility index (Phi) is 3.55. The van der Waals surface area contributed by atoms with Crippen LogP contribution in [-0.2, 0) is 16.6 Å². The van der Waals surface area contributed by atoms with Crippen LogP contribution in [0.15, 0.2) is 30.3 Å². The van der Waals surface area contributed by atoms with Gasteiger partial charge in [-0.1, -0.05) is 43.2 Å². The maximum absolute atomic E-state index is 13.1. The molecule has 1 heterocycles. The maximum Gasteiger partial charge on any atom is 0.239 e. The van der Waals surface area contributed by atoms with Crippen LogP contribution in [0.3, 0.4) is 0 Å². The van der Waals surface area contributed by atoms with Gasteiger partial charge in [0.2, 0.25) is 11.9 Å². The number of hydrogen-bond donors (Lipinski definition) is 3. The molecule has 2 aliphatic rings. The van der Waals surface area contributed by atoms with Crippen LogP contribution in [-0.4, -0.2) is 27.6 Å². The molecule has 0 bridgehead atoms. The largest absolute Gasteiger partial charge is 0.367 e. The van der Waals surface area contributed by atoms with Crippen LogP contribution in [0.5, 0.6) is 0 Å². The zero-order valence-electron chi connectivity index (χ0n) is 13.7. The van der Waals surface area contributed by atoms with Crippen molar-refractivity contribution in [2.45, 2.75) is 43.9 Å². The van der Waals surface area contributed by atoms with Gasteiger partial charge in [-0.25, -0.2) is 0 Å². The lowest BCUT2D eigenvalue weighted by Crippen LogP contribution is -2.39. The Hall–Kier alpha value is -2.37. The molecule has 126 valence electrons. The normalized spacial score (nSPS) is 24.2. The zero-order valence-corrected chi connectivity index (χ0v) is 13.7. The minimum atomic E-state index is -0.342. The van der Waals surface area contributed by atoms with E-state index in [1.165, 1.54) is 12.8 Å². The van der Waals surface area contributed by atoms with Gasteiger partial charge in [-0.05, 0) is 30.2 Å². The molecule has 6 heteroatoms. The summed E-state index contributed by atoms with van der Waals surface area (Å²) in [5.41, 5.74) is 6.50. The van der Waals surface area contributed by atoms with Crippen LogP contribution in [0.25, 0.3) is 0 Å². The maximum atomic E-state index is 13.1. The summed E-state index contributed by atoms with van der Waals surface area (Å²) in [7, 11) is 0. The van der Waals surface area contributed by atoms with Crippen molar-refractivity contribution < 1.29 is 4.79 Å². The van der Waals surface area contributed by atoms with E-state index in [0.29, 0.717) is 18.8 Å². The number of anilines is 1. The summed E-state index contributed by atoms with van der Waals surface area (Å²) in [6.07, 6.45) is 6.37. The van der Waals surface area contributed by atoms with Crippen LogP contribution < -0.4 is 11.1 Å². The standard InChI is InChI=1S/C18H23N5O/c19-16-21-14(22-23-16)8-11-20-15(24)18(13-6-2-1-3-7-13)12-17(18)9-4-5-10-17/h1-3,6-7H,4-5,8-12H2,(H,20,24)(H3,19,21,22,23). The Labute approximate surface area is 141 Å². The predicted octanol–water partition coefficient (Wildman–Crippen LogP) is 1.95. The van der Waals surface area contributed by atoms with E-state index in [1.807, 2.05) is 18.2 Å². The molecule has 2 aliphatic carbocycles. The van der Waals surface area contributed by atoms with Crippen molar-refractivity contribution in [1.82, 2.24) is 20.5 Å². The molecule has 0 aliphatic heterocycles. The number of aromatic amines is 1. The van der Waals surface area contributed by atoms with Gasteiger partial charge in [0.15, 0.2) is 0 Å². The van der Waals surface area contributed by atoms with Crippen LogP contribution in [0, 0.1) is 5.41 Å². The van der Waals surface area contributed by atoms with Crippen molar-refractivity contribution >= 4 is 11.9 Å². The molecule has 2 fully saturated rings. The highest BCUT2D eigenvalue weighted by Gasteiger charge is 2.72. The smallest absolute Gasteiger partial charge is 0.239 e. The van der Waals surface area contributed by atoms with Crippen molar-refractivity contribution in [3.63, 3.8) is 0 Å². The lowest BCUT2D eigenvalue weighted by molar-refractivity contribution is -0.124. The lowest BCUT2D eigenvalue weighted by atomic mass is 9.84. The second-order valence-corrected chi connectivity index (χ2v) is 7.08. The summed E-state index contributed by atoms with van der Waals surface area (Å²) < 4.78 is 0. The highest BCUT2D eigenvalue weighted by Crippen LogP contribution is 2.72. The molecule has 1 aromatic heterocycles. The van der Waals surface area contributed by atoms with Crippen LogP contribution >= 0.6 is 0 Å². The van der Waals surface area contributed by atoms with Crippen LogP contribution in [0.2, 0.25) is 0 Å². The Balaban J connectivity index is 1.49. The fraction of sp³-hybridized carbons (Fsp3) is 0.500. The van der Waals surface area contributed by atoms with Gasteiger partial charge >= 0.3 is 0 Å². The van der Waals surface area contributed by atoms with Crippen molar-refractivity contribution in [2.24, 2.45) is 5.41 Å². The number of hydrogen-bond acceptors (Lipinski definition) is 4. The molecule has 4 N–H and O–H groups in total. The predicted molar refractivity (Wildman–Crippen MR) is 91.1 cm³/mol. The van der Waals surface area contributed by atoms with Crippen molar-refractivity contribution in [3.05, 3.63) is 41.7 Å². The molecule has 1 spiro atoms.